The van der Waals surface area contributed by atoms with Crippen molar-refractivity contribution in [2.45, 2.75) is 24.2 Å². The maximum Gasteiger partial charge on any atom is 0.387 e. The predicted octanol–water partition coefficient (Wildman–Crippen LogP) is 6.29. The van der Waals surface area contributed by atoms with Crippen LogP contribution in [0, 0.1) is 5.82 Å². The minimum atomic E-state index is -2.94. The second kappa shape index (κ2) is 8.52. The van der Waals surface area contributed by atoms with Gasteiger partial charge in [-0.1, -0.05) is 30.3 Å². The van der Waals surface area contributed by atoms with E-state index in [1.54, 1.807) is 36.0 Å². The fourth-order valence-electron chi connectivity index (χ4n) is 4.13. The zero-order valence-electron chi connectivity index (χ0n) is 17.1. The summed E-state index contributed by atoms with van der Waals surface area (Å²) >= 11 is 1.62. The number of rotatable bonds is 5. The van der Waals surface area contributed by atoms with Crippen molar-refractivity contribution in [1.82, 2.24) is 9.55 Å². The fourth-order valence-corrected chi connectivity index (χ4v) is 4.54. The van der Waals surface area contributed by atoms with E-state index in [0.717, 1.165) is 10.5 Å². The van der Waals surface area contributed by atoms with E-state index in [1.807, 2.05) is 35.1 Å². The van der Waals surface area contributed by atoms with Crippen molar-refractivity contribution in [3.05, 3.63) is 77.9 Å². The molecular formula is C24H19F3N2O2S. The van der Waals surface area contributed by atoms with Crippen molar-refractivity contribution in [2.75, 3.05) is 12.9 Å². The number of hydrogen-bond acceptors (Lipinski definition) is 4. The van der Waals surface area contributed by atoms with Crippen molar-refractivity contribution >= 4 is 22.8 Å². The van der Waals surface area contributed by atoms with Crippen LogP contribution in [0.4, 0.5) is 13.2 Å². The standard InChI is InChI=1S/C24H19F3N2O2S/c1-32-15-8-6-14(7-9-15)17-10-20-19(11-18(17)25)28-23-13-30-12-21(29(20)23)16-4-2-3-5-22(16)31-24(26)27/h2-11,21,24H,12-13H2,1H3/t21-/m1/s1. The molecule has 4 aromatic rings. The molecule has 1 aliphatic rings. The Morgan fingerprint density at radius 3 is 2.66 bits per heavy atom. The molecule has 3 aromatic carbocycles. The van der Waals surface area contributed by atoms with E-state index < -0.39 is 12.7 Å². The number of benzene rings is 3. The van der Waals surface area contributed by atoms with Gasteiger partial charge in [-0.15, -0.1) is 11.8 Å². The van der Waals surface area contributed by atoms with Gasteiger partial charge in [0.2, 0.25) is 0 Å². The summed E-state index contributed by atoms with van der Waals surface area (Å²) in [6.07, 6.45) is 1.98. The number of imidazole rings is 1. The number of nitrogens with zero attached hydrogens (tertiary/aromatic N) is 2. The molecule has 0 radical (unpaired) electrons. The summed E-state index contributed by atoms with van der Waals surface area (Å²) in [5.74, 6) is 0.321. The molecule has 0 saturated heterocycles. The lowest BCUT2D eigenvalue weighted by Gasteiger charge is -2.28. The number of aromatic nitrogens is 2. The number of hydrogen-bond donors (Lipinski definition) is 0. The second-order valence-electron chi connectivity index (χ2n) is 7.39. The number of alkyl halides is 2. The third-order valence-corrected chi connectivity index (χ3v) is 6.31. The quantitative estimate of drug-likeness (QED) is 0.331. The smallest absolute Gasteiger partial charge is 0.387 e. The van der Waals surface area contributed by atoms with Crippen molar-refractivity contribution in [2.24, 2.45) is 0 Å². The van der Waals surface area contributed by atoms with E-state index in [4.69, 9.17) is 9.47 Å². The molecule has 0 saturated carbocycles. The van der Waals surface area contributed by atoms with Crippen molar-refractivity contribution in [3.63, 3.8) is 0 Å². The van der Waals surface area contributed by atoms with Crippen LogP contribution in [-0.4, -0.2) is 29.0 Å². The van der Waals surface area contributed by atoms with Crippen LogP contribution in [0.15, 0.2) is 65.6 Å². The molecule has 5 rings (SSSR count). The van der Waals surface area contributed by atoms with E-state index in [-0.39, 0.29) is 24.8 Å². The molecule has 2 heterocycles. The van der Waals surface area contributed by atoms with Crippen LogP contribution in [-0.2, 0) is 11.3 Å². The Balaban J connectivity index is 1.66. The Morgan fingerprint density at radius 2 is 1.91 bits per heavy atom. The summed E-state index contributed by atoms with van der Waals surface area (Å²) in [6.45, 7) is -2.43. The molecule has 0 spiro atoms. The third-order valence-electron chi connectivity index (χ3n) is 5.56. The molecule has 1 aromatic heterocycles. The highest BCUT2D eigenvalue weighted by Crippen LogP contribution is 2.37. The van der Waals surface area contributed by atoms with Crippen molar-refractivity contribution in [3.8, 4) is 16.9 Å². The highest BCUT2D eigenvalue weighted by atomic mass is 32.2. The maximum absolute atomic E-state index is 15.0. The number of thioether (sulfide) groups is 1. The molecule has 0 bridgehead atoms. The monoisotopic (exact) mass is 456 g/mol. The van der Waals surface area contributed by atoms with Crippen LogP contribution in [0.2, 0.25) is 0 Å². The first-order chi connectivity index (χ1) is 15.5. The molecule has 4 nitrogen and oxygen atoms in total. The van der Waals surface area contributed by atoms with Crippen LogP contribution in [0.1, 0.15) is 17.4 Å². The summed E-state index contributed by atoms with van der Waals surface area (Å²) in [4.78, 5) is 5.64. The van der Waals surface area contributed by atoms with Gasteiger partial charge >= 0.3 is 6.61 Å². The molecule has 32 heavy (non-hydrogen) atoms. The van der Waals surface area contributed by atoms with Crippen LogP contribution < -0.4 is 4.74 Å². The van der Waals surface area contributed by atoms with Crippen LogP contribution in [0.3, 0.4) is 0 Å². The summed E-state index contributed by atoms with van der Waals surface area (Å²) in [5.41, 5.74) is 2.97. The first kappa shape index (κ1) is 20.9. The molecule has 0 amide bonds. The molecule has 1 atom stereocenters. The van der Waals surface area contributed by atoms with Gasteiger partial charge in [0, 0.05) is 22.1 Å². The van der Waals surface area contributed by atoms with Crippen LogP contribution in [0.25, 0.3) is 22.2 Å². The van der Waals surface area contributed by atoms with Gasteiger partial charge in [0.25, 0.3) is 0 Å². The largest absolute Gasteiger partial charge is 0.434 e. The first-order valence-electron chi connectivity index (χ1n) is 10.0. The lowest BCUT2D eigenvalue weighted by atomic mass is 10.0. The van der Waals surface area contributed by atoms with Crippen molar-refractivity contribution < 1.29 is 22.6 Å². The van der Waals surface area contributed by atoms with Gasteiger partial charge in [-0.2, -0.15) is 8.78 Å². The first-order valence-corrected chi connectivity index (χ1v) is 11.2. The van der Waals surface area contributed by atoms with E-state index in [1.165, 1.54) is 12.1 Å². The molecule has 8 heteroatoms. The van der Waals surface area contributed by atoms with E-state index in [2.05, 4.69) is 4.98 Å². The number of ether oxygens (including phenoxy) is 2. The normalized spacial score (nSPS) is 15.8. The molecule has 0 aliphatic carbocycles. The summed E-state index contributed by atoms with van der Waals surface area (Å²) in [6, 6.07) is 17.1. The van der Waals surface area contributed by atoms with Gasteiger partial charge in [-0.05, 0) is 36.1 Å². The van der Waals surface area contributed by atoms with Crippen molar-refractivity contribution in [1.29, 1.82) is 0 Å². The zero-order chi connectivity index (χ0) is 22.2. The Hall–Kier alpha value is -2.97. The Bertz CT molecular complexity index is 1270. The summed E-state index contributed by atoms with van der Waals surface area (Å²) in [5, 5.41) is 0. The zero-order valence-corrected chi connectivity index (χ0v) is 17.9. The Labute approximate surface area is 187 Å². The van der Waals surface area contributed by atoms with Gasteiger partial charge in [-0.25, -0.2) is 9.37 Å². The molecule has 0 N–H and O–H groups in total. The lowest BCUT2D eigenvalue weighted by molar-refractivity contribution is -0.0512. The minimum absolute atomic E-state index is 0.0841. The van der Waals surface area contributed by atoms with Gasteiger partial charge in [-0.3, -0.25) is 0 Å². The summed E-state index contributed by atoms with van der Waals surface area (Å²) < 4.78 is 53.3. The average Bonchev–Trinajstić information content (AvgIpc) is 3.16. The van der Waals surface area contributed by atoms with E-state index in [9.17, 15) is 13.2 Å². The van der Waals surface area contributed by atoms with Crippen LogP contribution in [0.5, 0.6) is 5.75 Å². The van der Waals surface area contributed by atoms with E-state index in [0.29, 0.717) is 28.0 Å². The van der Waals surface area contributed by atoms with Gasteiger partial charge in [0.05, 0.1) is 23.7 Å². The number of fused-ring (bicyclic) bond motifs is 3. The molecule has 164 valence electrons. The van der Waals surface area contributed by atoms with Gasteiger partial charge in [0.1, 0.15) is 24.0 Å². The number of halogens is 3. The second-order valence-corrected chi connectivity index (χ2v) is 8.27. The van der Waals surface area contributed by atoms with Gasteiger partial charge in [0.15, 0.2) is 0 Å². The SMILES string of the molecule is CSc1ccc(-c2cc3c(cc2F)nc2n3[C@@H](c3ccccc3OC(F)F)COC2)cc1. The lowest BCUT2D eigenvalue weighted by Crippen LogP contribution is -2.25. The predicted molar refractivity (Wildman–Crippen MR) is 118 cm³/mol. The molecular weight excluding hydrogens is 437 g/mol. The molecule has 0 unspecified atom stereocenters. The number of para-hydroxylation sites is 1. The Kier molecular flexibility index (Phi) is 5.57. The maximum atomic E-state index is 15.0. The summed E-state index contributed by atoms with van der Waals surface area (Å²) in [7, 11) is 0. The molecule has 1 aliphatic heterocycles. The fraction of sp³-hybridized carbons (Fsp3) is 0.208. The average molecular weight is 456 g/mol. The van der Waals surface area contributed by atoms with Crippen LogP contribution >= 0.6 is 11.8 Å². The Morgan fingerprint density at radius 1 is 1.12 bits per heavy atom. The van der Waals surface area contributed by atoms with Gasteiger partial charge < -0.3 is 14.0 Å². The molecule has 0 fully saturated rings. The minimum Gasteiger partial charge on any atom is -0.434 e. The highest BCUT2D eigenvalue weighted by molar-refractivity contribution is 7.98. The topological polar surface area (TPSA) is 36.3 Å². The third kappa shape index (κ3) is 3.73. The van der Waals surface area contributed by atoms with E-state index >= 15 is 0 Å². The highest BCUT2D eigenvalue weighted by Gasteiger charge is 2.29.